The molecule has 0 aliphatic carbocycles. The van der Waals surface area contributed by atoms with Crippen molar-refractivity contribution in [2.45, 2.75) is 40.3 Å². The highest BCUT2D eigenvalue weighted by atomic mass is 32.2. The van der Waals surface area contributed by atoms with Crippen molar-refractivity contribution in [2.24, 2.45) is 0 Å². The smallest absolute Gasteiger partial charge is 0.152 e. The summed E-state index contributed by atoms with van der Waals surface area (Å²) in [4.78, 5) is 4.24. The highest BCUT2D eigenvalue weighted by molar-refractivity contribution is 7.91. The van der Waals surface area contributed by atoms with Crippen LogP contribution in [0.3, 0.4) is 0 Å². The molecule has 0 aliphatic rings. The molecule has 1 heterocycles. The van der Waals surface area contributed by atoms with Crippen molar-refractivity contribution < 1.29 is 8.42 Å². The summed E-state index contributed by atoms with van der Waals surface area (Å²) in [6, 6.07) is 0. The summed E-state index contributed by atoms with van der Waals surface area (Å²) in [5.74, 6) is 1.33. The van der Waals surface area contributed by atoms with Crippen molar-refractivity contribution in [1.29, 1.82) is 0 Å². The SMILES string of the molecule is CCCS(=O)(=O)CCn1c(CNCC)cnc1C. The second-order valence-corrected chi connectivity index (χ2v) is 6.68. The predicted octanol–water partition coefficient (Wildman–Crippen LogP) is 1.13. The number of sulfone groups is 1. The standard InChI is InChI=1S/C12H23N3O2S/c1-4-7-18(16,17)8-6-15-11(3)14-10-12(15)9-13-5-2/h10,13H,4-9H2,1-3H3. The van der Waals surface area contributed by atoms with E-state index in [1.54, 1.807) is 0 Å². The first-order chi connectivity index (χ1) is 8.50. The van der Waals surface area contributed by atoms with E-state index in [0.717, 1.165) is 24.6 Å². The quantitative estimate of drug-likeness (QED) is 0.771. The molecular formula is C12H23N3O2S. The lowest BCUT2D eigenvalue weighted by molar-refractivity contribution is 0.580. The molecule has 0 bridgehead atoms. The Morgan fingerprint density at radius 2 is 2.06 bits per heavy atom. The fraction of sp³-hybridized carbons (Fsp3) is 0.750. The van der Waals surface area contributed by atoms with Gasteiger partial charge in [0.1, 0.15) is 5.82 Å². The fourth-order valence-corrected chi connectivity index (χ4v) is 3.15. The van der Waals surface area contributed by atoms with Gasteiger partial charge in [0.15, 0.2) is 9.84 Å². The summed E-state index contributed by atoms with van der Waals surface area (Å²) >= 11 is 0. The van der Waals surface area contributed by atoms with Gasteiger partial charge in [-0.15, -0.1) is 0 Å². The maximum absolute atomic E-state index is 11.7. The Bertz CT molecular complexity index is 466. The lowest BCUT2D eigenvalue weighted by Crippen LogP contribution is -2.20. The Balaban J connectivity index is 2.69. The summed E-state index contributed by atoms with van der Waals surface area (Å²) in [5, 5.41) is 3.23. The number of hydrogen-bond donors (Lipinski definition) is 1. The Labute approximate surface area is 110 Å². The van der Waals surface area contributed by atoms with Gasteiger partial charge in [0.05, 0.1) is 11.4 Å². The van der Waals surface area contributed by atoms with Crippen LogP contribution in [-0.4, -0.2) is 36.0 Å². The lowest BCUT2D eigenvalue weighted by Gasteiger charge is -2.10. The molecule has 0 saturated heterocycles. The lowest BCUT2D eigenvalue weighted by atomic mass is 10.4. The topological polar surface area (TPSA) is 64.0 Å². The summed E-state index contributed by atoms with van der Waals surface area (Å²) in [6.45, 7) is 7.94. The van der Waals surface area contributed by atoms with E-state index in [0.29, 0.717) is 13.0 Å². The van der Waals surface area contributed by atoms with Crippen LogP contribution in [0.2, 0.25) is 0 Å². The van der Waals surface area contributed by atoms with Crippen LogP contribution in [0, 0.1) is 6.92 Å². The molecule has 0 fully saturated rings. The summed E-state index contributed by atoms with van der Waals surface area (Å²) in [5.41, 5.74) is 1.04. The second kappa shape index (κ2) is 6.89. The molecule has 0 unspecified atom stereocenters. The molecule has 5 nitrogen and oxygen atoms in total. The van der Waals surface area contributed by atoms with Gasteiger partial charge in [-0.2, -0.15) is 0 Å². The van der Waals surface area contributed by atoms with Gasteiger partial charge in [-0.3, -0.25) is 0 Å². The molecule has 0 saturated carbocycles. The number of imidazole rings is 1. The van der Waals surface area contributed by atoms with Crippen LogP contribution in [-0.2, 0) is 22.9 Å². The van der Waals surface area contributed by atoms with Crippen LogP contribution >= 0.6 is 0 Å². The van der Waals surface area contributed by atoms with E-state index in [4.69, 9.17) is 0 Å². The second-order valence-electron chi connectivity index (χ2n) is 4.38. The zero-order valence-electron chi connectivity index (χ0n) is 11.4. The van der Waals surface area contributed by atoms with Gasteiger partial charge >= 0.3 is 0 Å². The first-order valence-corrected chi connectivity index (χ1v) is 8.24. The highest BCUT2D eigenvalue weighted by Crippen LogP contribution is 2.06. The van der Waals surface area contributed by atoms with E-state index in [9.17, 15) is 8.42 Å². The molecule has 6 heteroatoms. The summed E-state index contributed by atoms with van der Waals surface area (Å²) < 4.78 is 25.4. The third-order valence-electron chi connectivity index (χ3n) is 2.83. The summed E-state index contributed by atoms with van der Waals surface area (Å²) in [7, 11) is -2.93. The molecule has 1 aromatic heterocycles. The fourth-order valence-electron chi connectivity index (χ4n) is 1.86. The van der Waals surface area contributed by atoms with Gasteiger partial charge in [-0.05, 0) is 19.9 Å². The Hall–Kier alpha value is -0.880. The minimum atomic E-state index is -2.93. The average molecular weight is 273 g/mol. The van der Waals surface area contributed by atoms with Crippen LogP contribution < -0.4 is 5.32 Å². The van der Waals surface area contributed by atoms with Crippen LogP contribution in [0.15, 0.2) is 6.20 Å². The number of rotatable bonds is 8. The van der Waals surface area contributed by atoms with E-state index in [-0.39, 0.29) is 11.5 Å². The van der Waals surface area contributed by atoms with Crippen LogP contribution in [0.25, 0.3) is 0 Å². The molecule has 1 aromatic rings. The molecular weight excluding hydrogens is 250 g/mol. The Morgan fingerprint density at radius 1 is 1.33 bits per heavy atom. The zero-order chi connectivity index (χ0) is 13.6. The number of nitrogens with one attached hydrogen (secondary N) is 1. The first kappa shape index (κ1) is 15.2. The van der Waals surface area contributed by atoms with Gasteiger partial charge in [0, 0.05) is 25.0 Å². The number of hydrogen-bond acceptors (Lipinski definition) is 4. The third-order valence-corrected chi connectivity index (χ3v) is 4.67. The molecule has 104 valence electrons. The van der Waals surface area contributed by atoms with Crippen molar-refractivity contribution in [2.75, 3.05) is 18.1 Å². The average Bonchev–Trinajstić information content (AvgIpc) is 2.65. The van der Waals surface area contributed by atoms with Crippen molar-refractivity contribution in [1.82, 2.24) is 14.9 Å². The van der Waals surface area contributed by atoms with E-state index >= 15 is 0 Å². The van der Waals surface area contributed by atoms with E-state index < -0.39 is 9.84 Å². The Morgan fingerprint density at radius 3 is 2.67 bits per heavy atom. The predicted molar refractivity (Wildman–Crippen MR) is 73.3 cm³/mol. The molecule has 1 rings (SSSR count). The number of aromatic nitrogens is 2. The highest BCUT2D eigenvalue weighted by Gasteiger charge is 2.12. The van der Waals surface area contributed by atoms with Crippen LogP contribution in [0.1, 0.15) is 31.8 Å². The molecule has 0 spiro atoms. The largest absolute Gasteiger partial charge is 0.330 e. The summed E-state index contributed by atoms with van der Waals surface area (Å²) in [6.07, 6.45) is 2.49. The zero-order valence-corrected chi connectivity index (χ0v) is 12.3. The van der Waals surface area contributed by atoms with E-state index in [1.165, 1.54) is 0 Å². The number of aryl methyl sites for hydroxylation is 1. The van der Waals surface area contributed by atoms with Gasteiger partial charge in [0.25, 0.3) is 0 Å². The minimum Gasteiger partial charge on any atom is -0.330 e. The van der Waals surface area contributed by atoms with E-state index in [1.807, 2.05) is 31.5 Å². The molecule has 0 aromatic carbocycles. The van der Waals surface area contributed by atoms with Gasteiger partial charge in [0.2, 0.25) is 0 Å². The number of nitrogens with zero attached hydrogens (tertiary/aromatic N) is 2. The molecule has 0 atom stereocenters. The van der Waals surface area contributed by atoms with Crippen molar-refractivity contribution in [3.8, 4) is 0 Å². The van der Waals surface area contributed by atoms with Crippen molar-refractivity contribution in [3.05, 3.63) is 17.7 Å². The van der Waals surface area contributed by atoms with Gasteiger partial charge in [-0.1, -0.05) is 13.8 Å². The van der Waals surface area contributed by atoms with Crippen molar-refractivity contribution >= 4 is 9.84 Å². The van der Waals surface area contributed by atoms with Crippen LogP contribution in [0.4, 0.5) is 0 Å². The molecule has 0 amide bonds. The maximum atomic E-state index is 11.7. The normalized spacial score (nSPS) is 11.9. The molecule has 0 radical (unpaired) electrons. The van der Waals surface area contributed by atoms with Gasteiger partial charge < -0.3 is 9.88 Å². The van der Waals surface area contributed by atoms with Crippen LogP contribution in [0.5, 0.6) is 0 Å². The minimum absolute atomic E-state index is 0.192. The Kier molecular flexibility index (Phi) is 5.81. The van der Waals surface area contributed by atoms with Gasteiger partial charge in [-0.25, -0.2) is 13.4 Å². The van der Waals surface area contributed by atoms with Crippen molar-refractivity contribution in [3.63, 3.8) is 0 Å². The third kappa shape index (κ3) is 4.42. The van der Waals surface area contributed by atoms with E-state index in [2.05, 4.69) is 10.3 Å². The monoisotopic (exact) mass is 273 g/mol. The maximum Gasteiger partial charge on any atom is 0.152 e. The first-order valence-electron chi connectivity index (χ1n) is 6.42. The molecule has 18 heavy (non-hydrogen) atoms. The molecule has 0 aliphatic heterocycles. The molecule has 1 N–H and O–H groups in total.